The number of benzene rings is 6. The molecule has 6 heterocycles. The molecule has 6 aromatic carbocycles. The molecule has 12 aromatic rings. The summed E-state index contributed by atoms with van der Waals surface area (Å²) in [5, 5.41) is 71.4. The van der Waals surface area contributed by atoms with Gasteiger partial charge in [0.15, 0.2) is 0 Å². The van der Waals surface area contributed by atoms with Gasteiger partial charge in [0, 0.05) is 65.7 Å². The van der Waals surface area contributed by atoms with E-state index in [-0.39, 0.29) is 68.1 Å². The fourth-order valence-electron chi connectivity index (χ4n) is 9.59. The molecule has 89 heavy (non-hydrogen) atoms. The third kappa shape index (κ3) is 13.2. The number of carboxylic acid groups (broad SMARTS) is 6. The van der Waals surface area contributed by atoms with Crippen LogP contribution in [0.4, 0.5) is 0 Å². The van der Waals surface area contributed by atoms with Crippen LogP contribution in [0, 0.1) is 41.5 Å². The number of rotatable bonds is 12. The Morgan fingerprint density at radius 1 is 0.258 bits per heavy atom. The number of fused-ring (bicyclic) bond motifs is 6. The number of aryl methyl sites for hydroxylation is 6. The topological polar surface area (TPSA) is 346 Å². The zero-order chi connectivity index (χ0) is 62.1. The zero-order valence-electron chi connectivity index (χ0n) is 47.8. The summed E-state index contributed by atoms with van der Waals surface area (Å²) in [7, 11) is 0. The van der Waals surface area contributed by atoms with E-state index in [2.05, 4.69) is 29.9 Å². The van der Waals surface area contributed by atoms with Crippen molar-refractivity contribution >= 4 is 136 Å². The monoisotopic (exact) mass is 1210 g/mol. The summed E-state index contributed by atoms with van der Waals surface area (Å²) in [5.74, 6) is -5.15. The fraction of sp³-hybridized carbons (Fsp3) is 0.0909. The third-order valence-electron chi connectivity index (χ3n) is 13.9. The van der Waals surface area contributed by atoms with E-state index in [1.807, 2.05) is 0 Å². The minimum absolute atomic E-state index is 0. The van der Waals surface area contributed by atoms with Gasteiger partial charge >= 0.3 is 34.7 Å². The van der Waals surface area contributed by atoms with Gasteiger partial charge < -0.3 is 73.6 Å². The number of carboxylic acids is 6. The summed E-state index contributed by atoms with van der Waals surface area (Å²) in [6.07, 6.45) is 0. The van der Waals surface area contributed by atoms with Crippen molar-refractivity contribution in [3.05, 3.63) is 213 Å². The van der Waals surface area contributed by atoms with E-state index in [4.69, 9.17) is 14.2 Å². The molecule has 0 unspecified atom stereocenters. The van der Waals surface area contributed by atoms with Crippen molar-refractivity contribution in [2.45, 2.75) is 41.5 Å². The summed E-state index contributed by atoms with van der Waals surface area (Å²) in [6, 6.07) is 38.9. The van der Waals surface area contributed by atoms with Gasteiger partial charge in [0.05, 0.1) is 103 Å². The van der Waals surface area contributed by atoms with E-state index in [9.17, 15) is 59.4 Å². The van der Waals surface area contributed by atoms with Crippen LogP contribution in [0.5, 0.6) is 34.5 Å². The number of aromatic carboxylic acids is 6. The van der Waals surface area contributed by atoms with Crippen LogP contribution in [0.25, 0.3) is 65.4 Å². The van der Waals surface area contributed by atoms with Crippen molar-refractivity contribution in [3.63, 3.8) is 0 Å². The molecule has 0 bridgehead atoms. The second-order valence-electron chi connectivity index (χ2n) is 19.7. The van der Waals surface area contributed by atoms with Crippen molar-refractivity contribution in [1.29, 1.82) is 0 Å². The molecule has 0 saturated carbocycles. The normalized spacial score (nSPS) is 10.7. The smallest absolute Gasteiger partial charge is 0.545 e. The third-order valence-corrected chi connectivity index (χ3v) is 13.9. The largest absolute Gasteiger partial charge is 3.00 e. The molecule has 0 amide bonds. The number of para-hydroxylation sites is 6. The van der Waals surface area contributed by atoms with E-state index in [1.165, 1.54) is 36.4 Å². The first-order valence-electron chi connectivity index (χ1n) is 26.3. The quantitative estimate of drug-likeness (QED) is 0.145. The Morgan fingerprint density at radius 3 is 0.517 bits per heavy atom. The number of aromatic nitrogens is 6. The maximum Gasteiger partial charge on any atom is 3.00 e. The molecule has 0 saturated heterocycles. The van der Waals surface area contributed by atoms with Gasteiger partial charge in [-0.25, -0.2) is 29.9 Å². The summed E-state index contributed by atoms with van der Waals surface area (Å²) < 4.78 is 18.0. The molecule has 0 aliphatic carbocycles. The molecule has 0 aliphatic heterocycles. The van der Waals surface area contributed by atoms with E-state index in [0.29, 0.717) is 134 Å². The molecular weight excluding hydrogens is 1170 g/mol. The van der Waals surface area contributed by atoms with Crippen molar-refractivity contribution < 1.29 is 73.6 Å². The molecule has 23 heteroatoms. The Hall–Kier alpha value is -10.9. The van der Waals surface area contributed by atoms with E-state index in [0.717, 1.165) is 0 Å². The van der Waals surface area contributed by atoms with Crippen molar-refractivity contribution in [2.24, 2.45) is 0 Å². The van der Waals surface area contributed by atoms with Gasteiger partial charge in [-0.2, -0.15) is 0 Å². The van der Waals surface area contributed by atoms with Gasteiger partial charge in [-0.05, 0) is 77.9 Å². The molecule has 21 nitrogen and oxygen atoms in total. The molecular formula is C66H42Al2N6O15. The number of carbonyl (C=O) groups excluding carboxylic acids is 6. The Morgan fingerprint density at radius 2 is 0.393 bits per heavy atom. The minimum atomic E-state index is -1.30. The summed E-state index contributed by atoms with van der Waals surface area (Å²) >= 11 is 0. The molecule has 0 radical (unpaired) electrons. The summed E-state index contributed by atoms with van der Waals surface area (Å²) in [5.41, 5.74) is 4.97. The van der Waals surface area contributed by atoms with Crippen molar-refractivity contribution in [1.82, 2.24) is 29.9 Å². The van der Waals surface area contributed by atoms with Gasteiger partial charge in [-0.3, -0.25) is 0 Å². The van der Waals surface area contributed by atoms with E-state index in [1.54, 1.807) is 151 Å². The van der Waals surface area contributed by atoms with Gasteiger partial charge in [0.1, 0.15) is 34.5 Å². The molecule has 0 atom stereocenters. The molecule has 0 aliphatic rings. The van der Waals surface area contributed by atoms with Crippen LogP contribution >= 0.6 is 0 Å². The second-order valence-corrected chi connectivity index (χ2v) is 19.7. The van der Waals surface area contributed by atoms with Gasteiger partial charge in [-0.1, -0.05) is 109 Å². The predicted molar refractivity (Wildman–Crippen MR) is 317 cm³/mol. The van der Waals surface area contributed by atoms with Crippen LogP contribution in [0.1, 0.15) is 96.3 Å². The molecule has 432 valence electrons. The molecule has 0 spiro atoms. The van der Waals surface area contributed by atoms with Crippen LogP contribution in [-0.4, -0.2) is 100 Å². The summed E-state index contributed by atoms with van der Waals surface area (Å²) in [6.45, 7) is 10.2. The number of hydrogen-bond donors (Lipinski definition) is 0. The van der Waals surface area contributed by atoms with Crippen LogP contribution in [0.2, 0.25) is 0 Å². The molecule has 12 rings (SSSR count). The first kappa shape index (κ1) is 64.1. The number of hydrogen-bond acceptors (Lipinski definition) is 21. The fourth-order valence-corrected chi connectivity index (χ4v) is 9.59. The maximum atomic E-state index is 11.3. The first-order chi connectivity index (χ1) is 41.5. The summed E-state index contributed by atoms with van der Waals surface area (Å²) in [4.78, 5) is 94.1. The first-order valence-corrected chi connectivity index (χ1v) is 26.3. The number of pyridine rings is 6. The van der Waals surface area contributed by atoms with E-state index < -0.39 is 35.8 Å². The number of nitrogens with zero attached hydrogens (tertiary/aromatic N) is 6. The SMILES string of the molecule is Cc1nc2c(C(=O)[O-])cccc2cc1Oc1cc2cccc(C(=O)[O-])c2nc1C.Cc1nc2c(C(=O)[O-])cccc2cc1Oc1cc2cccc(C(=O)[O-])c2nc1C.Cc1nc2c(C(=O)[O-])cccc2cc1Oc1cc2cccc(C(=O)[O-])c2nc1C.[Al+3].[Al+3]. The Labute approximate surface area is 525 Å². The number of carbonyl (C=O) groups is 6. The van der Waals surface area contributed by atoms with Gasteiger partial charge in [-0.15, -0.1) is 0 Å². The van der Waals surface area contributed by atoms with Crippen molar-refractivity contribution in [3.8, 4) is 34.5 Å². The second kappa shape index (κ2) is 26.4. The predicted octanol–water partition coefficient (Wildman–Crippen LogP) is 5.00. The molecule has 0 fully saturated rings. The van der Waals surface area contributed by atoms with Gasteiger partial charge in [0.25, 0.3) is 0 Å². The van der Waals surface area contributed by atoms with E-state index >= 15 is 0 Å². The molecule has 0 N–H and O–H groups in total. The standard InChI is InChI=1S/3C22H16N2O5.2Al/c3*1-11-17(9-13-5-3-7-15(21(25)26)19(13)23-11)29-18-10-14-6-4-8-16(22(27)28)20(14)24-12(18)2;;/h3*3-10H,1-2H3,(H,25,26)(H,27,28);;/q;;;2*+3/p-6. The van der Waals surface area contributed by atoms with Crippen LogP contribution in [0.3, 0.4) is 0 Å². The Bertz CT molecular complexity index is 4140. The number of ether oxygens (including phenoxy) is 3. The molecule has 6 aromatic heterocycles. The average Bonchev–Trinajstić information content (AvgIpc) is 1.25. The van der Waals surface area contributed by atoms with Crippen LogP contribution < -0.4 is 44.8 Å². The maximum absolute atomic E-state index is 11.3. The Balaban J connectivity index is 0.000000171. The van der Waals surface area contributed by atoms with Gasteiger partial charge in [0.2, 0.25) is 0 Å². The van der Waals surface area contributed by atoms with Crippen LogP contribution in [0.15, 0.2) is 146 Å². The van der Waals surface area contributed by atoms with Crippen LogP contribution in [-0.2, 0) is 0 Å². The minimum Gasteiger partial charge on any atom is -0.545 e. The average molecular weight is 1210 g/mol. The zero-order valence-corrected chi connectivity index (χ0v) is 50.1. The Kier molecular flexibility index (Phi) is 19.0. The van der Waals surface area contributed by atoms with Crippen molar-refractivity contribution in [2.75, 3.05) is 0 Å².